The second kappa shape index (κ2) is 13.1. The molecule has 2 saturated heterocycles. The van der Waals surface area contributed by atoms with Crippen molar-refractivity contribution >= 4 is 28.8 Å². The number of anilines is 1. The van der Waals surface area contributed by atoms with Gasteiger partial charge in [0.2, 0.25) is 5.82 Å². The van der Waals surface area contributed by atoms with E-state index in [2.05, 4.69) is 60.5 Å². The molecule has 0 bridgehead atoms. The normalized spacial score (nSPS) is 23.2. The van der Waals surface area contributed by atoms with Gasteiger partial charge in [-0.05, 0) is 31.0 Å². The van der Waals surface area contributed by atoms with E-state index in [9.17, 15) is 19.8 Å². The fraction of sp³-hybridized carbons (Fsp3) is 0.387. The number of hydrogen-bond acceptors (Lipinski definition) is 10. The van der Waals surface area contributed by atoms with Crippen molar-refractivity contribution in [2.45, 2.75) is 49.8 Å². The highest BCUT2D eigenvalue weighted by Crippen LogP contribution is 2.33. The molecule has 2 aromatic heterocycles. The topological polar surface area (TPSA) is 176 Å². The Bertz CT molecular complexity index is 1560. The number of benzene rings is 2. The van der Waals surface area contributed by atoms with Crippen molar-refractivity contribution in [1.82, 2.24) is 35.5 Å². The molecule has 4 heterocycles. The van der Waals surface area contributed by atoms with E-state index < -0.39 is 36.4 Å². The average Bonchev–Trinajstić information content (AvgIpc) is 3.78. The predicted octanol–water partition coefficient (Wildman–Crippen LogP) is 0.917. The van der Waals surface area contributed by atoms with Crippen molar-refractivity contribution in [3.63, 3.8) is 0 Å². The molecule has 13 heteroatoms. The summed E-state index contributed by atoms with van der Waals surface area (Å²) in [4.78, 5) is 39.5. The molecule has 2 aliphatic heterocycles. The number of amides is 2. The van der Waals surface area contributed by atoms with Gasteiger partial charge in [0.25, 0.3) is 11.8 Å². The zero-order valence-corrected chi connectivity index (χ0v) is 24.3. The number of rotatable bonds is 10. The number of carbonyl (C=O) groups is 2. The number of aromatic nitrogens is 4. The number of imidazole rings is 1. The van der Waals surface area contributed by atoms with E-state index >= 15 is 0 Å². The lowest BCUT2D eigenvalue weighted by atomic mass is 9.91. The molecule has 2 aromatic carbocycles. The van der Waals surface area contributed by atoms with Gasteiger partial charge in [0, 0.05) is 31.6 Å². The highest BCUT2D eigenvalue weighted by atomic mass is 16.6. The van der Waals surface area contributed by atoms with Gasteiger partial charge in [-0.25, -0.2) is 15.0 Å². The van der Waals surface area contributed by atoms with Crippen LogP contribution in [0.2, 0.25) is 0 Å². The van der Waals surface area contributed by atoms with Crippen LogP contribution in [0.5, 0.6) is 0 Å². The van der Waals surface area contributed by atoms with Crippen LogP contribution in [0.1, 0.15) is 47.2 Å². The van der Waals surface area contributed by atoms with Crippen LogP contribution in [0.15, 0.2) is 67.0 Å². The number of aliphatic hydroxyl groups is 2. The fourth-order valence-electron chi connectivity index (χ4n) is 5.73. The third-order valence-electron chi connectivity index (χ3n) is 8.02. The van der Waals surface area contributed by atoms with Gasteiger partial charge in [0.1, 0.15) is 12.2 Å². The Labute approximate surface area is 254 Å². The van der Waals surface area contributed by atoms with Crippen LogP contribution in [-0.4, -0.2) is 92.1 Å². The summed E-state index contributed by atoms with van der Waals surface area (Å²) in [7, 11) is 0. The molecule has 4 aromatic rings. The van der Waals surface area contributed by atoms with Crippen molar-refractivity contribution in [1.29, 1.82) is 0 Å². The first-order valence-corrected chi connectivity index (χ1v) is 14.8. The number of likely N-dealkylation sites (N-methyl/N-ethyl adjacent to an activating group) is 1. The summed E-state index contributed by atoms with van der Waals surface area (Å²) in [6, 6.07) is 20.1. The molecule has 2 aliphatic rings. The number of fused-ring (bicyclic) bond motifs is 1. The van der Waals surface area contributed by atoms with Gasteiger partial charge < -0.3 is 36.2 Å². The molecule has 13 nitrogen and oxygen atoms in total. The van der Waals surface area contributed by atoms with Crippen molar-refractivity contribution in [3.8, 4) is 0 Å². The maximum atomic E-state index is 13.4. The minimum absolute atomic E-state index is 0.0423. The van der Waals surface area contributed by atoms with E-state index in [0.29, 0.717) is 31.0 Å². The Morgan fingerprint density at radius 2 is 1.75 bits per heavy atom. The van der Waals surface area contributed by atoms with E-state index in [1.807, 2.05) is 36.4 Å². The van der Waals surface area contributed by atoms with Gasteiger partial charge in [0.05, 0.1) is 6.33 Å². The molecular formula is C31H36N8O5. The van der Waals surface area contributed by atoms with Crippen molar-refractivity contribution < 1.29 is 24.5 Å². The van der Waals surface area contributed by atoms with E-state index in [4.69, 9.17) is 4.74 Å². The molecule has 1 unspecified atom stereocenters. The van der Waals surface area contributed by atoms with Gasteiger partial charge in [-0.1, -0.05) is 60.7 Å². The summed E-state index contributed by atoms with van der Waals surface area (Å²) in [5.74, 6) is -0.792. The lowest BCUT2D eigenvalue weighted by molar-refractivity contribution is -0.137. The second-order valence-electron chi connectivity index (χ2n) is 11.0. The summed E-state index contributed by atoms with van der Waals surface area (Å²) >= 11 is 0. The van der Waals surface area contributed by atoms with Gasteiger partial charge in [-0.2, -0.15) is 0 Å². The molecule has 2 amide bonds. The Morgan fingerprint density at radius 1 is 1.05 bits per heavy atom. The van der Waals surface area contributed by atoms with E-state index in [1.165, 1.54) is 10.9 Å². The SMILES string of the molecule is CCNC(=O)[C@H]1O[C@@H](n2cnc3c(NCC(c4ccccc4)c4ccccc4)nc(C(=O)NC4CCNC4)nc32)[C@H](O)[C@@H]1O. The van der Waals surface area contributed by atoms with E-state index in [1.54, 1.807) is 6.92 Å². The minimum atomic E-state index is -1.47. The maximum Gasteiger partial charge on any atom is 0.289 e. The Morgan fingerprint density at radius 3 is 2.39 bits per heavy atom. The van der Waals surface area contributed by atoms with Gasteiger partial charge in [-0.3, -0.25) is 14.2 Å². The van der Waals surface area contributed by atoms with Crippen LogP contribution < -0.4 is 21.3 Å². The third-order valence-corrected chi connectivity index (χ3v) is 8.02. The van der Waals surface area contributed by atoms with E-state index in [-0.39, 0.29) is 23.4 Å². The van der Waals surface area contributed by atoms with Crippen molar-refractivity contribution in [2.24, 2.45) is 0 Å². The lowest BCUT2D eigenvalue weighted by Gasteiger charge is -2.20. The second-order valence-corrected chi connectivity index (χ2v) is 11.0. The zero-order chi connectivity index (χ0) is 30.6. The smallest absolute Gasteiger partial charge is 0.289 e. The number of nitrogens with one attached hydrogen (secondary N) is 4. The highest BCUT2D eigenvalue weighted by Gasteiger charge is 2.47. The average molecular weight is 601 g/mol. The highest BCUT2D eigenvalue weighted by molar-refractivity contribution is 5.94. The number of hydrogen-bond donors (Lipinski definition) is 6. The van der Waals surface area contributed by atoms with Crippen LogP contribution in [0, 0.1) is 0 Å². The Kier molecular flexibility index (Phi) is 8.79. The first kappa shape index (κ1) is 29.6. The molecule has 44 heavy (non-hydrogen) atoms. The molecule has 230 valence electrons. The molecule has 0 aliphatic carbocycles. The number of aliphatic hydroxyl groups excluding tert-OH is 2. The van der Waals surface area contributed by atoms with Crippen molar-refractivity contribution in [3.05, 3.63) is 83.9 Å². The number of nitrogens with zero attached hydrogens (tertiary/aromatic N) is 4. The largest absolute Gasteiger partial charge is 0.387 e. The predicted molar refractivity (Wildman–Crippen MR) is 162 cm³/mol. The lowest BCUT2D eigenvalue weighted by Crippen LogP contribution is -2.42. The summed E-state index contributed by atoms with van der Waals surface area (Å²) in [5.41, 5.74) is 2.75. The summed E-state index contributed by atoms with van der Waals surface area (Å²) in [6.45, 7) is 3.96. The first-order chi connectivity index (χ1) is 21.4. The summed E-state index contributed by atoms with van der Waals surface area (Å²) in [6.07, 6.45) is -3.20. The van der Waals surface area contributed by atoms with Crippen LogP contribution in [0.4, 0.5) is 5.82 Å². The molecule has 0 spiro atoms. The quantitative estimate of drug-likeness (QED) is 0.154. The fourth-order valence-corrected chi connectivity index (χ4v) is 5.73. The molecule has 6 rings (SSSR count). The molecule has 6 N–H and O–H groups in total. The first-order valence-electron chi connectivity index (χ1n) is 14.8. The summed E-state index contributed by atoms with van der Waals surface area (Å²) < 4.78 is 7.26. The monoisotopic (exact) mass is 600 g/mol. The number of ether oxygens (including phenoxy) is 1. The minimum Gasteiger partial charge on any atom is -0.387 e. The third kappa shape index (κ3) is 5.99. The Balaban J connectivity index is 1.36. The van der Waals surface area contributed by atoms with Crippen LogP contribution in [-0.2, 0) is 9.53 Å². The van der Waals surface area contributed by atoms with E-state index in [0.717, 1.165) is 24.1 Å². The summed E-state index contributed by atoms with van der Waals surface area (Å²) in [5, 5.41) is 33.7. The molecule has 0 radical (unpaired) electrons. The standard InChI is InChI=1S/C31H36N8O5/c1-2-33-29(42)25-23(40)24(41)31(44-25)39-17-35-22-26(37-27(38-28(22)39)30(43)36-20-13-14-32-15-20)34-16-21(18-9-5-3-6-10-18)19-11-7-4-8-12-19/h3-12,17,20-21,23-25,31-32,40-41H,2,13-16H2,1H3,(H,33,42)(H,36,43)(H,34,37,38)/t20?,23-,24+,25-,31+/m0/s1. The van der Waals surface area contributed by atoms with Crippen molar-refractivity contribution in [2.75, 3.05) is 31.5 Å². The van der Waals surface area contributed by atoms with Crippen LogP contribution >= 0.6 is 0 Å². The van der Waals surface area contributed by atoms with Crippen LogP contribution in [0.25, 0.3) is 11.2 Å². The Hall–Kier alpha value is -4.43. The molecular weight excluding hydrogens is 564 g/mol. The molecule has 2 fully saturated rings. The van der Waals surface area contributed by atoms with Gasteiger partial charge in [-0.15, -0.1) is 0 Å². The van der Waals surface area contributed by atoms with Gasteiger partial charge in [0.15, 0.2) is 29.3 Å². The maximum absolute atomic E-state index is 13.4. The molecule has 5 atom stereocenters. The molecule has 0 saturated carbocycles. The number of carbonyl (C=O) groups excluding carboxylic acids is 2. The van der Waals surface area contributed by atoms with Crippen LogP contribution in [0.3, 0.4) is 0 Å². The van der Waals surface area contributed by atoms with Gasteiger partial charge >= 0.3 is 0 Å². The zero-order valence-electron chi connectivity index (χ0n) is 24.3.